The van der Waals surface area contributed by atoms with Crippen LogP contribution in [0.25, 0.3) is 0 Å². The molecule has 0 radical (unpaired) electrons. The maximum Gasteiger partial charge on any atom is 0.224 e. The zero-order valence-corrected chi connectivity index (χ0v) is 14.2. The molecule has 2 rings (SSSR count). The summed E-state index contributed by atoms with van der Waals surface area (Å²) < 4.78 is 10.7. The second-order valence-electron chi connectivity index (χ2n) is 4.75. The molecule has 0 unspecified atom stereocenters. The van der Waals surface area contributed by atoms with Gasteiger partial charge in [0, 0.05) is 16.1 Å². The Morgan fingerprint density at radius 3 is 2.43 bits per heavy atom. The normalized spacial score (nSPS) is 10.2. The van der Waals surface area contributed by atoms with E-state index in [9.17, 15) is 4.79 Å². The van der Waals surface area contributed by atoms with Crippen molar-refractivity contribution in [1.82, 2.24) is 5.32 Å². The van der Waals surface area contributed by atoms with Gasteiger partial charge in [0.15, 0.2) is 0 Å². The van der Waals surface area contributed by atoms with Gasteiger partial charge in [-0.2, -0.15) is 0 Å². The SMILES string of the molecule is COc1cccc(OCCNC(=O)Cc2c(Cl)cccc2Cl)c1. The average Bonchev–Trinajstić information content (AvgIpc) is 2.55. The molecule has 0 aliphatic carbocycles. The van der Waals surface area contributed by atoms with Gasteiger partial charge in [0.25, 0.3) is 0 Å². The van der Waals surface area contributed by atoms with E-state index in [0.29, 0.717) is 34.5 Å². The minimum absolute atomic E-state index is 0.137. The molecule has 2 aromatic rings. The van der Waals surface area contributed by atoms with Gasteiger partial charge < -0.3 is 14.8 Å². The van der Waals surface area contributed by atoms with Crippen molar-refractivity contribution in [2.45, 2.75) is 6.42 Å². The molecule has 1 amide bonds. The van der Waals surface area contributed by atoms with Crippen LogP contribution in [0.15, 0.2) is 42.5 Å². The van der Waals surface area contributed by atoms with Crippen molar-refractivity contribution >= 4 is 29.1 Å². The Hall–Kier alpha value is -1.91. The third kappa shape index (κ3) is 5.34. The molecule has 122 valence electrons. The lowest BCUT2D eigenvalue weighted by molar-refractivity contribution is -0.120. The van der Waals surface area contributed by atoms with Crippen LogP contribution in [0.3, 0.4) is 0 Å². The zero-order chi connectivity index (χ0) is 16.7. The minimum Gasteiger partial charge on any atom is -0.497 e. The van der Waals surface area contributed by atoms with E-state index in [1.807, 2.05) is 18.2 Å². The number of hydrogen-bond donors (Lipinski definition) is 1. The minimum atomic E-state index is -0.158. The number of carbonyl (C=O) groups is 1. The lowest BCUT2D eigenvalue weighted by Crippen LogP contribution is -2.29. The quantitative estimate of drug-likeness (QED) is 0.771. The van der Waals surface area contributed by atoms with Crippen LogP contribution in [0.5, 0.6) is 11.5 Å². The predicted octanol–water partition coefficient (Wildman–Crippen LogP) is 3.74. The summed E-state index contributed by atoms with van der Waals surface area (Å²) in [5.41, 5.74) is 0.627. The summed E-state index contributed by atoms with van der Waals surface area (Å²) in [4.78, 5) is 11.9. The fraction of sp³-hybridized carbons (Fsp3) is 0.235. The highest BCUT2D eigenvalue weighted by molar-refractivity contribution is 6.36. The summed E-state index contributed by atoms with van der Waals surface area (Å²) in [6.45, 7) is 0.743. The fourth-order valence-electron chi connectivity index (χ4n) is 1.97. The summed E-state index contributed by atoms with van der Waals surface area (Å²) >= 11 is 12.1. The number of hydrogen-bond acceptors (Lipinski definition) is 3. The molecular formula is C17H17Cl2NO3. The van der Waals surface area contributed by atoms with Gasteiger partial charge >= 0.3 is 0 Å². The summed E-state index contributed by atoms with van der Waals surface area (Å²) in [5.74, 6) is 1.25. The summed E-state index contributed by atoms with van der Waals surface area (Å²) in [5, 5.41) is 3.74. The van der Waals surface area contributed by atoms with Crippen LogP contribution in [-0.2, 0) is 11.2 Å². The lowest BCUT2D eigenvalue weighted by atomic mass is 10.1. The van der Waals surface area contributed by atoms with Crippen molar-refractivity contribution in [2.24, 2.45) is 0 Å². The first-order valence-corrected chi connectivity index (χ1v) is 7.82. The number of carbonyl (C=O) groups excluding carboxylic acids is 1. The number of rotatable bonds is 7. The Kier molecular flexibility index (Phi) is 6.56. The van der Waals surface area contributed by atoms with Crippen LogP contribution >= 0.6 is 23.2 Å². The molecule has 0 spiro atoms. The lowest BCUT2D eigenvalue weighted by Gasteiger charge is -2.10. The van der Waals surface area contributed by atoms with E-state index in [-0.39, 0.29) is 12.3 Å². The highest BCUT2D eigenvalue weighted by Crippen LogP contribution is 2.24. The maximum atomic E-state index is 11.9. The van der Waals surface area contributed by atoms with E-state index < -0.39 is 0 Å². The van der Waals surface area contributed by atoms with Crippen LogP contribution in [0, 0.1) is 0 Å². The topological polar surface area (TPSA) is 47.6 Å². The van der Waals surface area contributed by atoms with Crippen molar-refractivity contribution in [3.63, 3.8) is 0 Å². The standard InChI is InChI=1S/C17H17Cl2NO3/c1-22-12-4-2-5-13(10-12)23-9-8-20-17(21)11-14-15(18)6-3-7-16(14)19/h2-7,10H,8-9,11H2,1H3,(H,20,21). The zero-order valence-electron chi connectivity index (χ0n) is 12.6. The molecule has 0 aromatic heterocycles. The van der Waals surface area contributed by atoms with Crippen LogP contribution in [0.2, 0.25) is 10.0 Å². The predicted molar refractivity (Wildman–Crippen MR) is 91.7 cm³/mol. The van der Waals surface area contributed by atoms with Gasteiger partial charge in [-0.05, 0) is 29.8 Å². The van der Waals surface area contributed by atoms with Gasteiger partial charge in [-0.15, -0.1) is 0 Å². The maximum absolute atomic E-state index is 11.9. The largest absolute Gasteiger partial charge is 0.497 e. The van der Waals surface area contributed by atoms with Crippen molar-refractivity contribution in [2.75, 3.05) is 20.3 Å². The van der Waals surface area contributed by atoms with Gasteiger partial charge in [-0.1, -0.05) is 35.3 Å². The Bertz CT molecular complexity index is 656. The third-order valence-electron chi connectivity index (χ3n) is 3.13. The highest BCUT2D eigenvalue weighted by Gasteiger charge is 2.10. The number of nitrogens with one attached hydrogen (secondary N) is 1. The van der Waals surface area contributed by atoms with Gasteiger partial charge in [-0.3, -0.25) is 4.79 Å². The van der Waals surface area contributed by atoms with Crippen LogP contribution < -0.4 is 14.8 Å². The van der Waals surface area contributed by atoms with Gasteiger partial charge in [0.05, 0.1) is 20.1 Å². The second kappa shape index (κ2) is 8.65. The average molecular weight is 354 g/mol. The molecule has 2 aromatic carbocycles. The molecule has 0 saturated carbocycles. The highest BCUT2D eigenvalue weighted by atomic mass is 35.5. The Labute approximate surface area is 145 Å². The molecular weight excluding hydrogens is 337 g/mol. The number of amides is 1. The third-order valence-corrected chi connectivity index (χ3v) is 3.84. The molecule has 4 nitrogen and oxygen atoms in total. The molecule has 6 heteroatoms. The van der Waals surface area contributed by atoms with E-state index >= 15 is 0 Å². The van der Waals surface area contributed by atoms with E-state index in [1.165, 1.54) is 0 Å². The van der Waals surface area contributed by atoms with E-state index in [2.05, 4.69) is 5.32 Å². The summed E-state index contributed by atoms with van der Waals surface area (Å²) in [7, 11) is 1.60. The second-order valence-corrected chi connectivity index (χ2v) is 5.57. The molecule has 0 heterocycles. The molecule has 0 saturated heterocycles. The first-order valence-electron chi connectivity index (χ1n) is 7.06. The number of halogens is 2. The Balaban J connectivity index is 1.76. The smallest absolute Gasteiger partial charge is 0.224 e. The van der Waals surface area contributed by atoms with Gasteiger partial charge in [0.2, 0.25) is 5.91 Å². The first-order chi connectivity index (χ1) is 11.1. The molecule has 0 atom stereocenters. The van der Waals surface area contributed by atoms with E-state index in [4.69, 9.17) is 32.7 Å². The molecule has 0 bridgehead atoms. The summed E-state index contributed by atoms with van der Waals surface area (Å²) in [6.07, 6.45) is 0.137. The van der Waals surface area contributed by atoms with E-state index in [1.54, 1.807) is 31.4 Å². The molecule has 0 aliphatic rings. The van der Waals surface area contributed by atoms with Crippen LogP contribution in [0.1, 0.15) is 5.56 Å². The molecule has 0 fully saturated rings. The van der Waals surface area contributed by atoms with E-state index in [0.717, 1.165) is 5.75 Å². The first kappa shape index (κ1) is 17.4. The van der Waals surface area contributed by atoms with Crippen molar-refractivity contribution in [3.8, 4) is 11.5 Å². The summed E-state index contributed by atoms with van der Waals surface area (Å²) in [6, 6.07) is 12.4. The number of ether oxygens (including phenoxy) is 2. The number of methoxy groups -OCH3 is 1. The number of benzene rings is 2. The molecule has 1 N–H and O–H groups in total. The van der Waals surface area contributed by atoms with Gasteiger partial charge in [0.1, 0.15) is 18.1 Å². The van der Waals surface area contributed by atoms with Crippen molar-refractivity contribution in [1.29, 1.82) is 0 Å². The Morgan fingerprint density at radius 1 is 1.09 bits per heavy atom. The van der Waals surface area contributed by atoms with Crippen LogP contribution in [-0.4, -0.2) is 26.2 Å². The molecule has 0 aliphatic heterocycles. The monoisotopic (exact) mass is 353 g/mol. The van der Waals surface area contributed by atoms with Gasteiger partial charge in [-0.25, -0.2) is 0 Å². The fourth-order valence-corrected chi connectivity index (χ4v) is 2.51. The molecule has 23 heavy (non-hydrogen) atoms. The van der Waals surface area contributed by atoms with Crippen molar-refractivity contribution < 1.29 is 14.3 Å². The Morgan fingerprint density at radius 2 is 1.74 bits per heavy atom. The van der Waals surface area contributed by atoms with Crippen molar-refractivity contribution in [3.05, 3.63) is 58.1 Å². The van der Waals surface area contributed by atoms with Crippen LogP contribution in [0.4, 0.5) is 0 Å².